The fraction of sp³-hybridized carbons (Fsp3) is 0.846. The molecule has 2 aliphatic heterocycles. The van der Waals surface area contributed by atoms with Crippen molar-refractivity contribution >= 4 is 12.0 Å². The molecule has 2 fully saturated rings. The van der Waals surface area contributed by atoms with Crippen molar-refractivity contribution in [1.82, 2.24) is 9.80 Å². The first-order chi connectivity index (χ1) is 9.06. The summed E-state index contributed by atoms with van der Waals surface area (Å²) in [6, 6.07) is 0.113. The molecule has 0 aliphatic carbocycles. The lowest BCUT2D eigenvalue weighted by Gasteiger charge is -2.38. The zero-order chi connectivity index (χ0) is 13.8. The van der Waals surface area contributed by atoms with Crippen molar-refractivity contribution in [3.05, 3.63) is 0 Å². The van der Waals surface area contributed by atoms with Gasteiger partial charge in [-0.05, 0) is 31.6 Å². The molecule has 0 radical (unpaired) electrons. The monoisotopic (exact) mass is 269 g/mol. The molecule has 2 unspecified atom stereocenters. The molecule has 108 valence electrons. The fourth-order valence-electron chi connectivity index (χ4n) is 3.04. The van der Waals surface area contributed by atoms with Gasteiger partial charge in [-0.25, -0.2) is 4.79 Å². The number of carbonyl (C=O) groups is 2. The third-order valence-electron chi connectivity index (χ3n) is 3.98. The second-order valence-electron chi connectivity index (χ2n) is 5.68. The lowest BCUT2D eigenvalue weighted by Crippen LogP contribution is -2.53. The van der Waals surface area contributed by atoms with E-state index in [4.69, 9.17) is 10.8 Å². The number of carboxylic acid groups (broad SMARTS) is 1. The molecule has 2 heterocycles. The first-order valence-electron chi connectivity index (χ1n) is 7.07. The van der Waals surface area contributed by atoms with E-state index in [1.807, 2.05) is 4.90 Å². The lowest BCUT2D eigenvalue weighted by molar-refractivity contribution is -0.138. The van der Waals surface area contributed by atoms with Gasteiger partial charge in [-0.3, -0.25) is 4.79 Å². The van der Waals surface area contributed by atoms with Gasteiger partial charge in [0.1, 0.15) is 0 Å². The predicted octanol–water partition coefficient (Wildman–Crippen LogP) is 0.716. The first-order valence-corrected chi connectivity index (χ1v) is 7.07. The highest BCUT2D eigenvalue weighted by molar-refractivity contribution is 5.75. The highest BCUT2D eigenvalue weighted by Gasteiger charge is 2.30. The number of carboxylic acids is 1. The Morgan fingerprint density at radius 2 is 1.74 bits per heavy atom. The molecule has 2 aliphatic rings. The van der Waals surface area contributed by atoms with Crippen LogP contribution in [0, 0.1) is 5.92 Å². The molecule has 2 atom stereocenters. The summed E-state index contributed by atoms with van der Waals surface area (Å²) in [6.45, 7) is 2.70. The van der Waals surface area contributed by atoms with Gasteiger partial charge in [0, 0.05) is 38.6 Å². The summed E-state index contributed by atoms with van der Waals surface area (Å²) in [4.78, 5) is 26.8. The molecule has 0 aromatic carbocycles. The number of nitrogens with zero attached hydrogens (tertiary/aromatic N) is 2. The molecular weight excluding hydrogens is 246 g/mol. The smallest absolute Gasteiger partial charge is 0.320 e. The minimum atomic E-state index is -0.778. The highest BCUT2D eigenvalue weighted by atomic mass is 16.4. The molecule has 0 spiro atoms. The third kappa shape index (κ3) is 3.83. The molecular formula is C13H23N3O3. The Bertz CT molecular complexity index is 348. The minimum Gasteiger partial charge on any atom is -0.481 e. The van der Waals surface area contributed by atoms with Gasteiger partial charge >= 0.3 is 12.0 Å². The van der Waals surface area contributed by atoms with Crippen molar-refractivity contribution in [2.45, 2.75) is 38.1 Å². The van der Waals surface area contributed by atoms with Gasteiger partial charge in [0.15, 0.2) is 0 Å². The van der Waals surface area contributed by atoms with Gasteiger partial charge in [0.05, 0.1) is 0 Å². The molecule has 6 nitrogen and oxygen atoms in total. The van der Waals surface area contributed by atoms with Crippen LogP contribution >= 0.6 is 0 Å². The van der Waals surface area contributed by atoms with E-state index >= 15 is 0 Å². The highest BCUT2D eigenvalue weighted by Crippen LogP contribution is 2.21. The summed E-state index contributed by atoms with van der Waals surface area (Å²) in [5.41, 5.74) is 5.90. The Kier molecular flexibility index (Phi) is 4.63. The number of hydrogen-bond donors (Lipinski definition) is 2. The van der Waals surface area contributed by atoms with Gasteiger partial charge in [-0.1, -0.05) is 0 Å². The van der Waals surface area contributed by atoms with Crippen molar-refractivity contribution in [2.24, 2.45) is 11.7 Å². The van der Waals surface area contributed by atoms with E-state index in [0.717, 1.165) is 38.8 Å². The van der Waals surface area contributed by atoms with Gasteiger partial charge in [0.25, 0.3) is 0 Å². The van der Waals surface area contributed by atoms with E-state index in [9.17, 15) is 9.59 Å². The molecule has 3 N–H and O–H groups in total. The van der Waals surface area contributed by atoms with Gasteiger partial charge in [0.2, 0.25) is 0 Å². The Morgan fingerprint density at radius 1 is 1.11 bits per heavy atom. The van der Waals surface area contributed by atoms with E-state index in [-0.39, 0.29) is 24.4 Å². The first kappa shape index (κ1) is 14.1. The second-order valence-corrected chi connectivity index (χ2v) is 5.68. The summed E-state index contributed by atoms with van der Waals surface area (Å²) in [5, 5.41) is 8.84. The average molecular weight is 269 g/mol. The molecule has 0 saturated carbocycles. The molecule has 2 amide bonds. The standard InChI is InChI=1S/C13H23N3O3/c14-11-4-2-6-16(9-11)13(19)15-5-1-3-10(8-15)7-12(17)18/h10-11H,1-9,14H2,(H,17,18). The van der Waals surface area contributed by atoms with Crippen molar-refractivity contribution in [3.8, 4) is 0 Å². The van der Waals surface area contributed by atoms with E-state index in [2.05, 4.69) is 0 Å². The van der Waals surface area contributed by atoms with E-state index in [0.29, 0.717) is 13.1 Å². The molecule has 0 aromatic heterocycles. The zero-order valence-electron chi connectivity index (χ0n) is 11.3. The normalized spacial score (nSPS) is 28.3. The van der Waals surface area contributed by atoms with Crippen molar-refractivity contribution in [1.29, 1.82) is 0 Å². The van der Waals surface area contributed by atoms with Crippen LogP contribution in [0.4, 0.5) is 4.79 Å². The van der Waals surface area contributed by atoms with Crippen LogP contribution < -0.4 is 5.73 Å². The molecule has 0 bridgehead atoms. The molecule has 2 saturated heterocycles. The molecule has 6 heteroatoms. The summed E-state index contributed by atoms with van der Waals surface area (Å²) < 4.78 is 0. The zero-order valence-corrected chi connectivity index (χ0v) is 11.3. The van der Waals surface area contributed by atoms with Crippen molar-refractivity contribution in [2.75, 3.05) is 26.2 Å². The van der Waals surface area contributed by atoms with E-state index in [1.165, 1.54) is 0 Å². The number of urea groups is 1. The maximum absolute atomic E-state index is 12.4. The maximum Gasteiger partial charge on any atom is 0.320 e. The SMILES string of the molecule is NC1CCCN(C(=O)N2CCCC(CC(=O)O)C2)C1. The van der Waals surface area contributed by atoms with Crippen LogP contribution in [0.25, 0.3) is 0 Å². The maximum atomic E-state index is 12.4. The van der Waals surface area contributed by atoms with Gasteiger partial charge < -0.3 is 20.6 Å². The number of carbonyl (C=O) groups excluding carboxylic acids is 1. The summed E-state index contributed by atoms with van der Waals surface area (Å²) in [5.74, 6) is -0.687. The Hall–Kier alpha value is -1.30. The Labute approximate surface area is 113 Å². The van der Waals surface area contributed by atoms with Crippen LogP contribution in [0.5, 0.6) is 0 Å². The Morgan fingerprint density at radius 3 is 2.37 bits per heavy atom. The number of nitrogens with two attached hydrogens (primary N) is 1. The number of amides is 2. The number of rotatable bonds is 2. The van der Waals surface area contributed by atoms with Crippen molar-refractivity contribution < 1.29 is 14.7 Å². The van der Waals surface area contributed by atoms with E-state index in [1.54, 1.807) is 4.90 Å². The minimum absolute atomic E-state index is 0.0326. The molecule has 2 rings (SSSR count). The quantitative estimate of drug-likeness (QED) is 0.773. The van der Waals surface area contributed by atoms with E-state index < -0.39 is 5.97 Å². The molecule has 0 aromatic rings. The second kappa shape index (κ2) is 6.23. The topological polar surface area (TPSA) is 86.9 Å². The van der Waals surface area contributed by atoms with Crippen molar-refractivity contribution in [3.63, 3.8) is 0 Å². The summed E-state index contributed by atoms with van der Waals surface area (Å²) in [7, 11) is 0. The fourth-order valence-corrected chi connectivity index (χ4v) is 3.04. The van der Waals surface area contributed by atoms with Crippen LogP contribution in [0.15, 0.2) is 0 Å². The number of piperidine rings is 2. The van der Waals surface area contributed by atoms with Crippen LogP contribution in [0.1, 0.15) is 32.1 Å². The summed E-state index contributed by atoms with van der Waals surface area (Å²) in [6.07, 6.45) is 3.88. The summed E-state index contributed by atoms with van der Waals surface area (Å²) >= 11 is 0. The van der Waals surface area contributed by atoms with Gasteiger partial charge in [-0.2, -0.15) is 0 Å². The third-order valence-corrected chi connectivity index (χ3v) is 3.98. The number of hydrogen-bond acceptors (Lipinski definition) is 3. The number of aliphatic carboxylic acids is 1. The largest absolute Gasteiger partial charge is 0.481 e. The van der Waals surface area contributed by atoms with Crippen LogP contribution in [0.2, 0.25) is 0 Å². The van der Waals surface area contributed by atoms with Gasteiger partial charge in [-0.15, -0.1) is 0 Å². The lowest BCUT2D eigenvalue weighted by atomic mass is 9.95. The number of likely N-dealkylation sites (tertiary alicyclic amines) is 2. The average Bonchev–Trinajstić information content (AvgIpc) is 2.37. The van der Waals surface area contributed by atoms with Crippen LogP contribution in [0.3, 0.4) is 0 Å². The van der Waals surface area contributed by atoms with Crippen LogP contribution in [-0.4, -0.2) is 59.1 Å². The predicted molar refractivity (Wildman–Crippen MR) is 70.7 cm³/mol. The van der Waals surface area contributed by atoms with Crippen LogP contribution in [-0.2, 0) is 4.79 Å². The molecule has 19 heavy (non-hydrogen) atoms. The Balaban J connectivity index is 1.89.